The van der Waals surface area contributed by atoms with Crippen molar-refractivity contribution in [3.05, 3.63) is 53.1 Å². The summed E-state index contributed by atoms with van der Waals surface area (Å²) in [4.78, 5) is 57.1. The highest BCUT2D eigenvalue weighted by Crippen LogP contribution is 2.52. The number of nitrogens with two attached hydrogens (primary N) is 1. The number of primary amides is 1. The summed E-state index contributed by atoms with van der Waals surface area (Å²) in [6.45, 7) is 0.761. The molecule has 0 aromatic heterocycles. The molecule has 10 nitrogen and oxygen atoms in total. The summed E-state index contributed by atoms with van der Waals surface area (Å²) in [5, 5.41) is 33.5. The molecule has 5 N–H and O–H groups in total. The summed E-state index contributed by atoms with van der Waals surface area (Å²) in [5.74, 6) is -9.09. The molecule has 2 aromatic rings. The number of hydrogen-bond acceptors (Lipinski definition) is 9. The summed E-state index contributed by atoms with van der Waals surface area (Å²) in [6, 6.07) is 10.1. The van der Waals surface area contributed by atoms with Crippen LogP contribution in [0.1, 0.15) is 27.9 Å². The third kappa shape index (κ3) is 4.09. The van der Waals surface area contributed by atoms with Crippen LogP contribution >= 0.6 is 0 Å². The van der Waals surface area contributed by atoms with Crippen molar-refractivity contribution in [1.29, 1.82) is 0 Å². The Balaban J connectivity index is 1.60. The molecule has 40 heavy (non-hydrogen) atoms. The molecule has 5 rings (SSSR count). The molecule has 3 unspecified atom stereocenters. The molecule has 7 atom stereocenters. The molecule has 3 aliphatic rings. The fourth-order valence-corrected chi connectivity index (χ4v) is 7.25. The van der Waals surface area contributed by atoms with Crippen LogP contribution in [-0.4, -0.2) is 94.3 Å². The van der Waals surface area contributed by atoms with E-state index in [4.69, 9.17) is 5.73 Å². The van der Waals surface area contributed by atoms with E-state index < -0.39 is 64.7 Å². The molecule has 0 saturated heterocycles. The van der Waals surface area contributed by atoms with Gasteiger partial charge in [-0.3, -0.25) is 19.2 Å². The van der Waals surface area contributed by atoms with Crippen molar-refractivity contribution in [1.82, 2.24) is 9.80 Å². The maximum Gasteiger partial charge on any atom is 0.230 e. The number of phenolic OH excluding ortho intramolecular Hbond substituents is 1. The topological polar surface area (TPSA) is 161 Å². The van der Waals surface area contributed by atoms with Crippen LogP contribution in [0, 0.1) is 23.7 Å². The van der Waals surface area contributed by atoms with Crippen LogP contribution in [0.5, 0.6) is 5.75 Å². The largest absolute Gasteiger partial charge is 0.507 e. The van der Waals surface area contributed by atoms with Crippen molar-refractivity contribution in [2.75, 3.05) is 28.2 Å². The van der Waals surface area contributed by atoms with Gasteiger partial charge in [-0.2, -0.15) is 0 Å². The fraction of sp³-hybridized carbons (Fsp3) is 0.467. The zero-order valence-corrected chi connectivity index (χ0v) is 23.0. The monoisotopic (exact) mass is 549 g/mol. The number of carbonyl (C=O) groups excluding carboxylic acids is 4. The highest BCUT2D eigenvalue weighted by Gasteiger charge is 2.69. The number of nitrogens with zero attached hydrogens (tertiary/aromatic N) is 2. The fourth-order valence-electron chi connectivity index (χ4n) is 7.25. The lowest BCUT2D eigenvalue weighted by atomic mass is 9.52. The van der Waals surface area contributed by atoms with E-state index in [2.05, 4.69) is 4.90 Å². The number of aromatic hydroxyl groups is 1. The van der Waals surface area contributed by atoms with Crippen molar-refractivity contribution in [2.45, 2.75) is 37.1 Å². The van der Waals surface area contributed by atoms with Crippen LogP contribution in [0.3, 0.4) is 0 Å². The second-order valence-corrected chi connectivity index (χ2v) is 11.9. The Bertz CT molecular complexity index is 1400. The molecule has 2 fully saturated rings. The molecule has 212 valence electrons. The van der Waals surface area contributed by atoms with E-state index in [0.717, 1.165) is 23.2 Å². The van der Waals surface area contributed by atoms with E-state index >= 15 is 0 Å². The number of aliphatic hydroxyl groups excluding tert-OH is 1. The lowest BCUT2D eigenvalue weighted by molar-refractivity contribution is -0.190. The standard InChI is InChI=1S/C30H35N3O7/c1-32(2)13-14-5-7-15(8-6-14)17-9-10-20(34)22-18(17)11-16-12-19-24(33(3)4)26(36)23(29(31)39)28(38)30(19,40)27(37)21(16)25(22)35/h5-10,16,19,21,23-24,26,34,36,40H,11-13H2,1-4H3,(H2,31,39)/t16-,19-,21?,23?,24-,26?,30-/m1/s1. The molecule has 0 bridgehead atoms. The maximum absolute atomic E-state index is 14.0. The van der Waals surface area contributed by atoms with Gasteiger partial charge in [0, 0.05) is 18.5 Å². The van der Waals surface area contributed by atoms with Gasteiger partial charge in [0.15, 0.2) is 23.0 Å². The molecule has 0 aliphatic heterocycles. The van der Waals surface area contributed by atoms with Gasteiger partial charge in [0.2, 0.25) is 5.91 Å². The van der Waals surface area contributed by atoms with Gasteiger partial charge < -0.3 is 30.9 Å². The summed E-state index contributed by atoms with van der Waals surface area (Å²) >= 11 is 0. The van der Waals surface area contributed by atoms with E-state index in [9.17, 15) is 34.5 Å². The van der Waals surface area contributed by atoms with Gasteiger partial charge in [-0.15, -0.1) is 0 Å². The number of rotatable bonds is 5. The van der Waals surface area contributed by atoms with Crippen LogP contribution in [0.2, 0.25) is 0 Å². The van der Waals surface area contributed by atoms with E-state index in [-0.39, 0.29) is 24.2 Å². The van der Waals surface area contributed by atoms with E-state index in [1.54, 1.807) is 25.1 Å². The number of hydrogen-bond donors (Lipinski definition) is 4. The van der Waals surface area contributed by atoms with Crippen LogP contribution in [0.4, 0.5) is 0 Å². The molecular weight excluding hydrogens is 514 g/mol. The third-order valence-electron chi connectivity index (χ3n) is 8.94. The Morgan fingerprint density at radius 3 is 2.25 bits per heavy atom. The van der Waals surface area contributed by atoms with Gasteiger partial charge in [-0.25, -0.2) is 0 Å². The van der Waals surface area contributed by atoms with E-state index in [1.807, 2.05) is 38.4 Å². The molecule has 0 heterocycles. The second kappa shape index (κ2) is 9.88. The van der Waals surface area contributed by atoms with Crippen molar-refractivity contribution in [3.63, 3.8) is 0 Å². The minimum absolute atomic E-state index is 0.00502. The predicted octanol–water partition coefficient (Wildman–Crippen LogP) is 0.387. The zero-order valence-electron chi connectivity index (χ0n) is 23.0. The lowest BCUT2D eigenvalue weighted by Gasteiger charge is -2.54. The predicted molar refractivity (Wildman–Crippen MR) is 145 cm³/mol. The first-order valence-electron chi connectivity index (χ1n) is 13.4. The molecule has 2 saturated carbocycles. The second-order valence-electron chi connectivity index (χ2n) is 11.9. The average molecular weight is 550 g/mol. The van der Waals surface area contributed by atoms with Gasteiger partial charge in [0.05, 0.1) is 17.6 Å². The number of Topliss-reactive ketones (excluding diaryl/α,β-unsaturated/α-hetero) is 3. The summed E-state index contributed by atoms with van der Waals surface area (Å²) < 4.78 is 0. The number of amides is 1. The summed E-state index contributed by atoms with van der Waals surface area (Å²) in [7, 11) is 7.20. The van der Waals surface area contributed by atoms with Gasteiger partial charge in [-0.1, -0.05) is 30.3 Å². The minimum atomic E-state index is -2.67. The SMILES string of the molecule is CN(C)Cc1ccc(-c2ccc(O)c3c2C[C@@H]2C[C@@H]4[C@@H](N(C)C)C(O)C(C(N)=O)C(=O)[C@]4(O)C(=O)C2C3=O)cc1. The normalized spacial score (nSPS) is 31.6. The van der Waals surface area contributed by atoms with Gasteiger partial charge >= 0.3 is 0 Å². The number of phenols is 1. The highest BCUT2D eigenvalue weighted by molar-refractivity contribution is 6.25. The van der Waals surface area contributed by atoms with E-state index in [0.29, 0.717) is 5.56 Å². The quantitative estimate of drug-likeness (QED) is 0.387. The maximum atomic E-state index is 14.0. The first-order chi connectivity index (χ1) is 18.8. The van der Waals surface area contributed by atoms with Crippen molar-refractivity contribution < 1.29 is 34.5 Å². The van der Waals surface area contributed by atoms with Crippen LogP contribution in [-0.2, 0) is 27.3 Å². The number of ketones is 3. The number of likely N-dealkylation sites (N-methyl/N-ethyl adjacent to an activating group) is 1. The number of aliphatic hydroxyl groups is 2. The van der Waals surface area contributed by atoms with Crippen molar-refractivity contribution in [3.8, 4) is 16.9 Å². The molecule has 3 aliphatic carbocycles. The minimum Gasteiger partial charge on any atom is -0.507 e. The average Bonchev–Trinajstić information content (AvgIpc) is 2.86. The number of fused-ring (bicyclic) bond motifs is 3. The smallest absolute Gasteiger partial charge is 0.230 e. The lowest BCUT2D eigenvalue weighted by Crippen LogP contribution is -2.75. The Morgan fingerprint density at radius 2 is 1.68 bits per heavy atom. The molecule has 1 amide bonds. The van der Waals surface area contributed by atoms with Crippen molar-refractivity contribution >= 4 is 23.3 Å². The number of carbonyl (C=O) groups is 4. The van der Waals surface area contributed by atoms with E-state index in [1.165, 1.54) is 6.07 Å². The molecule has 0 spiro atoms. The molecular formula is C30H35N3O7. The Kier molecular flexibility index (Phi) is 6.94. The summed E-state index contributed by atoms with van der Waals surface area (Å²) in [5.41, 5.74) is 6.07. The van der Waals surface area contributed by atoms with Crippen LogP contribution < -0.4 is 5.73 Å². The zero-order chi connectivity index (χ0) is 29.3. The van der Waals surface area contributed by atoms with Crippen LogP contribution in [0.15, 0.2) is 36.4 Å². The van der Waals surface area contributed by atoms with Gasteiger partial charge in [0.1, 0.15) is 11.7 Å². The highest BCUT2D eigenvalue weighted by atomic mass is 16.3. The Morgan fingerprint density at radius 1 is 1.02 bits per heavy atom. The molecule has 10 heteroatoms. The van der Waals surface area contributed by atoms with Crippen molar-refractivity contribution in [2.24, 2.45) is 29.4 Å². The van der Waals surface area contributed by atoms with Gasteiger partial charge in [0.25, 0.3) is 0 Å². The first kappa shape index (κ1) is 28.1. The Labute approximate surface area is 232 Å². The number of benzene rings is 2. The van der Waals surface area contributed by atoms with Crippen LogP contribution in [0.25, 0.3) is 11.1 Å². The molecule has 0 radical (unpaired) electrons. The summed E-state index contributed by atoms with van der Waals surface area (Å²) in [6.07, 6.45) is -1.20. The Hall–Kier alpha value is -3.44. The third-order valence-corrected chi connectivity index (χ3v) is 8.94. The first-order valence-corrected chi connectivity index (χ1v) is 13.4. The van der Waals surface area contributed by atoms with Gasteiger partial charge in [-0.05, 0) is 75.3 Å². The molecule has 2 aromatic carbocycles.